The fraction of sp³-hybridized carbons (Fsp3) is 0.320. The minimum Gasteiger partial charge on any atom is -0.509 e. The lowest BCUT2D eigenvalue weighted by molar-refractivity contribution is -0.129. The van der Waals surface area contributed by atoms with Crippen LogP contribution in [0.3, 0.4) is 0 Å². The van der Waals surface area contributed by atoms with Crippen LogP contribution in [-0.2, 0) is 31.0 Å². The van der Waals surface area contributed by atoms with Gasteiger partial charge in [0, 0.05) is 12.8 Å². The number of sulfone groups is 2. The topological polar surface area (TPSA) is 121 Å². The number of aliphatic hydroxyl groups excluding tert-OH is 1. The highest BCUT2D eigenvalue weighted by atomic mass is 32.2. The van der Waals surface area contributed by atoms with E-state index in [1.54, 1.807) is 12.1 Å². The minimum absolute atomic E-state index is 0.0621. The monoisotopic (exact) mass is 534 g/mol. The molecule has 2 aliphatic heterocycles. The molecule has 1 amide bonds. The number of hydrogen-bond donors (Lipinski definition) is 2. The van der Waals surface area contributed by atoms with Crippen LogP contribution in [0.4, 0.5) is 10.1 Å². The summed E-state index contributed by atoms with van der Waals surface area (Å²) in [7, 11) is -7.83. The van der Waals surface area contributed by atoms with Crippen LogP contribution >= 0.6 is 0 Å². The molecule has 2 heterocycles. The largest absolute Gasteiger partial charge is 0.509 e. The van der Waals surface area contributed by atoms with E-state index in [0.29, 0.717) is 5.56 Å². The number of nitrogens with zero attached hydrogens (tertiary/aromatic N) is 1. The first-order chi connectivity index (χ1) is 16.5. The second-order valence-electron chi connectivity index (χ2n) is 10.1. The fourth-order valence-electron chi connectivity index (χ4n) is 4.54. The third-order valence-corrected chi connectivity index (χ3v) is 9.36. The van der Waals surface area contributed by atoms with Crippen LogP contribution in [0.1, 0.15) is 33.3 Å². The molecule has 1 unspecified atom stereocenters. The molecule has 192 valence electrons. The van der Waals surface area contributed by atoms with Crippen LogP contribution in [0.2, 0.25) is 0 Å². The van der Waals surface area contributed by atoms with Gasteiger partial charge in [0.05, 0.1) is 32.1 Å². The summed E-state index contributed by atoms with van der Waals surface area (Å²) in [4.78, 5) is 14.5. The average Bonchev–Trinajstić information content (AvgIpc) is 3.01. The number of allylic oxidation sites excluding steroid dienone is 1. The summed E-state index contributed by atoms with van der Waals surface area (Å²) < 4.78 is 64.1. The van der Waals surface area contributed by atoms with Gasteiger partial charge >= 0.3 is 0 Å². The van der Waals surface area contributed by atoms with Gasteiger partial charge in [-0.3, -0.25) is 4.79 Å². The van der Waals surface area contributed by atoms with Gasteiger partial charge in [0.2, 0.25) is 9.84 Å². The van der Waals surface area contributed by atoms with Crippen LogP contribution in [-0.4, -0.2) is 45.0 Å². The van der Waals surface area contributed by atoms with Crippen LogP contribution < -0.4 is 5.32 Å². The number of amides is 1. The molecule has 0 fully saturated rings. The molecular weight excluding hydrogens is 507 g/mol. The summed E-state index contributed by atoms with van der Waals surface area (Å²) in [6.07, 6.45) is 0.980. The Morgan fingerprint density at radius 3 is 2.28 bits per heavy atom. The Kier molecular flexibility index (Phi) is 6.08. The van der Waals surface area contributed by atoms with E-state index < -0.39 is 42.9 Å². The van der Waals surface area contributed by atoms with Crippen molar-refractivity contribution in [2.75, 3.05) is 11.6 Å². The van der Waals surface area contributed by atoms with Gasteiger partial charge in [0.25, 0.3) is 5.91 Å². The maximum atomic E-state index is 13.7. The molecule has 0 aromatic heterocycles. The number of halogens is 1. The second kappa shape index (κ2) is 8.45. The molecule has 0 spiro atoms. The Labute approximate surface area is 210 Å². The van der Waals surface area contributed by atoms with Crippen LogP contribution in [0, 0.1) is 11.2 Å². The van der Waals surface area contributed by atoms with Crippen molar-refractivity contribution in [3.8, 4) is 0 Å². The highest BCUT2D eigenvalue weighted by molar-refractivity contribution is 7.95. The van der Waals surface area contributed by atoms with Gasteiger partial charge in [-0.25, -0.2) is 21.2 Å². The molecule has 0 radical (unpaired) electrons. The molecule has 0 saturated heterocycles. The minimum atomic E-state index is -4.18. The fourth-order valence-corrected chi connectivity index (χ4v) is 6.70. The average molecular weight is 535 g/mol. The highest BCUT2D eigenvalue weighted by Gasteiger charge is 2.48. The van der Waals surface area contributed by atoms with E-state index >= 15 is 0 Å². The number of benzene rings is 2. The van der Waals surface area contributed by atoms with E-state index in [0.717, 1.165) is 12.3 Å². The van der Waals surface area contributed by atoms with Gasteiger partial charge in [-0.15, -0.1) is 0 Å². The molecule has 2 aromatic rings. The normalized spacial score (nSPS) is 20.0. The Hall–Kier alpha value is -3.18. The van der Waals surface area contributed by atoms with Gasteiger partial charge in [-0.1, -0.05) is 32.9 Å². The molecule has 2 aliphatic rings. The number of carbonyl (C=O) groups is 1. The lowest BCUT2D eigenvalue weighted by atomic mass is 9.85. The molecule has 4 rings (SSSR count). The van der Waals surface area contributed by atoms with Crippen molar-refractivity contribution in [2.45, 2.75) is 50.1 Å². The molecule has 0 bridgehead atoms. The van der Waals surface area contributed by atoms with E-state index in [1.807, 2.05) is 20.8 Å². The van der Waals surface area contributed by atoms with Gasteiger partial charge in [-0.05, 0) is 48.2 Å². The Bertz CT molecular complexity index is 1550. The molecule has 0 aliphatic carbocycles. The lowest BCUT2D eigenvalue weighted by Crippen LogP contribution is -2.43. The predicted octanol–water partition coefficient (Wildman–Crippen LogP) is 3.93. The lowest BCUT2D eigenvalue weighted by Gasteiger charge is -2.35. The third kappa shape index (κ3) is 4.30. The number of hydrogen-bond acceptors (Lipinski definition) is 7. The van der Waals surface area contributed by atoms with E-state index in [1.165, 1.54) is 36.1 Å². The summed E-state index contributed by atoms with van der Waals surface area (Å²) >= 11 is 0. The van der Waals surface area contributed by atoms with Crippen molar-refractivity contribution < 1.29 is 31.1 Å². The predicted molar refractivity (Wildman–Crippen MR) is 133 cm³/mol. The number of aliphatic hydroxyl groups is 1. The number of carbonyl (C=O) groups excluding carboxylic acids is 1. The van der Waals surface area contributed by atoms with Crippen molar-refractivity contribution in [3.05, 3.63) is 75.8 Å². The molecule has 1 atom stereocenters. The quantitative estimate of drug-likeness (QED) is 0.610. The number of anilines is 1. The molecule has 8 nitrogen and oxygen atoms in total. The number of nitrogens with one attached hydrogen (secondary N) is 1. The van der Waals surface area contributed by atoms with Gasteiger partial charge in [0.1, 0.15) is 17.1 Å². The maximum absolute atomic E-state index is 13.7. The van der Waals surface area contributed by atoms with Gasteiger partial charge < -0.3 is 15.3 Å². The summed E-state index contributed by atoms with van der Waals surface area (Å²) in [5.41, 5.74) is -0.114. The van der Waals surface area contributed by atoms with E-state index in [2.05, 4.69) is 5.32 Å². The van der Waals surface area contributed by atoms with Gasteiger partial charge in [-0.2, -0.15) is 0 Å². The van der Waals surface area contributed by atoms with Gasteiger partial charge in [0.15, 0.2) is 9.84 Å². The van der Waals surface area contributed by atoms with E-state index in [-0.39, 0.29) is 44.0 Å². The zero-order chi connectivity index (χ0) is 26.8. The van der Waals surface area contributed by atoms with Crippen molar-refractivity contribution >= 4 is 31.3 Å². The highest BCUT2D eigenvalue weighted by Crippen LogP contribution is 2.44. The first kappa shape index (κ1) is 25.9. The zero-order valence-corrected chi connectivity index (χ0v) is 22.1. The molecular formula is C25H27FN2O6S2. The Morgan fingerprint density at radius 1 is 1.11 bits per heavy atom. The van der Waals surface area contributed by atoms with Crippen molar-refractivity contribution in [2.24, 2.45) is 5.41 Å². The SMILES string of the molecule is CC1=C(C2=C(O)C(C(C)(C)C)N(Cc3ccc(F)cc3)C2=O)Nc2ccc(S(C)(=O)=O)cc2S1(=O)=O. The molecule has 36 heavy (non-hydrogen) atoms. The van der Waals surface area contributed by atoms with Crippen molar-refractivity contribution in [3.63, 3.8) is 0 Å². The first-order valence-corrected chi connectivity index (χ1v) is 14.5. The third-order valence-electron chi connectivity index (χ3n) is 6.32. The smallest absolute Gasteiger partial charge is 0.260 e. The maximum Gasteiger partial charge on any atom is 0.260 e. The first-order valence-electron chi connectivity index (χ1n) is 11.1. The molecule has 2 N–H and O–H groups in total. The summed E-state index contributed by atoms with van der Waals surface area (Å²) in [6.45, 7) is 6.90. The van der Waals surface area contributed by atoms with Crippen molar-refractivity contribution in [1.82, 2.24) is 4.90 Å². The van der Waals surface area contributed by atoms with Crippen LogP contribution in [0.5, 0.6) is 0 Å². The Morgan fingerprint density at radius 2 is 1.72 bits per heavy atom. The number of rotatable bonds is 4. The van der Waals surface area contributed by atoms with Crippen LogP contribution in [0.25, 0.3) is 0 Å². The molecule has 11 heteroatoms. The van der Waals surface area contributed by atoms with E-state index in [9.17, 15) is 31.1 Å². The zero-order valence-electron chi connectivity index (χ0n) is 20.5. The van der Waals surface area contributed by atoms with Crippen LogP contribution in [0.15, 0.2) is 74.2 Å². The van der Waals surface area contributed by atoms with Crippen molar-refractivity contribution in [1.29, 1.82) is 0 Å². The standard InChI is InChI=1S/C25H27FN2O6S2/c1-14-21(27-18-11-10-17(35(5,31)32)12-19(18)36(14,33)34)20-22(29)23(25(2,3)4)28(24(20)30)13-15-6-8-16(26)9-7-15/h6-12,23,27,29H,13H2,1-5H3. The summed E-state index contributed by atoms with van der Waals surface area (Å²) in [5, 5.41) is 14.2. The number of fused-ring (bicyclic) bond motifs is 1. The Balaban J connectivity index is 1.83. The summed E-state index contributed by atoms with van der Waals surface area (Å²) in [5.74, 6) is -1.27. The molecule has 0 saturated carbocycles. The second-order valence-corrected chi connectivity index (χ2v) is 14.2. The molecule has 2 aromatic carbocycles. The summed E-state index contributed by atoms with van der Waals surface area (Å²) in [6, 6.07) is 8.55. The van der Waals surface area contributed by atoms with E-state index in [4.69, 9.17) is 0 Å².